The molecule has 0 spiro atoms. The van der Waals surface area contributed by atoms with Gasteiger partial charge in [-0.15, -0.1) is 0 Å². The maximum Gasteiger partial charge on any atom is 0.0701 e. The average molecular weight is 658 g/mol. The van der Waals surface area contributed by atoms with Crippen LogP contribution in [-0.2, 0) is 37.9 Å². The number of hydrogen-bond acceptors (Lipinski definition) is 8. The SMILES string of the molecule is CCCCCCCCCCCCCCCCOCCOCCOCCOCCOCCOCCOCCOCCBr. The van der Waals surface area contributed by atoms with Crippen LogP contribution in [-0.4, -0.2) is 111 Å². The Balaban J connectivity index is 3.02. The summed E-state index contributed by atoms with van der Waals surface area (Å²) in [6.07, 6.45) is 19.3. The molecule has 0 aliphatic rings. The van der Waals surface area contributed by atoms with Crippen LogP contribution in [0.1, 0.15) is 96.8 Å². The molecule has 0 aromatic rings. The van der Waals surface area contributed by atoms with Crippen molar-refractivity contribution in [1.82, 2.24) is 0 Å². The Bertz CT molecular complexity index is 410. The van der Waals surface area contributed by atoms with Crippen molar-refractivity contribution in [3.05, 3.63) is 0 Å². The van der Waals surface area contributed by atoms with Crippen LogP contribution in [0.25, 0.3) is 0 Å². The molecular formula is C32H65BrO8. The quantitative estimate of drug-likeness (QED) is 0.0520. The van der Waals surface area contributed by atoms with Crippen LogP contribution < -0.4 is 0 Å². The second kappa shape index (κ2) is 40.2. The highest BCUT2D eigenvalue weighted by Crippen LogP contribution is 2.12. The van der Waals surface area contributed by atoms with E-state index in [1.807, 2.05) is 0 Å². The van der Waals surface area contributed by atoms with Gasteiger partial charge >= 0.3 is 0 Å². The fraction of sp³-hybridized carbons (Fsp3) is 1.00. The van der Waals surface area contributed by atoms with Crippen LogP contribution in [0.5, 0.6) is 0 Å². The van der Waals surface area contributed by atoms with Crippen molar-refractivity contribution in [3.8, 4) is 0 Å². The third-order valence-corrected chi connectivity index (χ3v) is 6.79. The third-order valence-electron chi connectivity index (χ3n) is 6.47. The predicted octanol–water partition coefficient (Wildman–Crippen LogP) is 7.00. The lowest BCUT2D eigenvalue weighted by Crippen LogP contribution is -2.15. The summed E-state index contributed by atoms with van der Waals surface area (Å²) < 4.78 is 43.8. The zero-order chi connectivity index (χ0) is 29.6. The van der Waals surface area contributed by atoms with Gasteiger partial charge in [0.05, 0.1) is 99.1 Å². The molecule has 9 heteroatoms. The van der Waals surface area contributed by atoms with Crippen molar-refractivity contribution in [2.75, 3.05) is 111 Å². The summed E-state index contributed by atoms with van der Waals surface area (Å²) in [5.41, 5.74) is 0. The first-order chi connectivity index (χ1) is 20.4. The Hall–Kier alpha value is 0.160. The van der Waals surface area contributed by atoms with Crippen LogP contribution in [0, 0.1) is 0 Å². The first-order valence-electron chi connectivity index (χ1n) is 16.6. The Kier molecular flexibility index (Phi) is 40.3. The van der Waals surface area contributed by atoms with Crippen LogP contribution in [0.2, 0.25) is 0 Å². The minimum Gasteiger partial charge on any atom is -0.379 e. The summed E-state index contributed by atoms with van der Waals surface area (Å²) in [7, 11) is 0. The van der Waals surface area contributed by atoms with Gasteiger partial charge in [-0.3, -0.25) is 0 Å². The van der Waals surface area contributed by atoms with E-state index in [1.54, 1.807) is 0 Å². The lowest BCUT2D eigenvalue weighted by atomic mass is 10.0. The first kappa shape index (κ1) is 41.2. The van der Waals surface area contributed by atoms with E-state index in [-0.39, 0.29) is 0 Å². The van der Waals surface area contributed by atoms with E-state index < -0.39 is 0 Å². The minimum absolute atomic E-state index is 0.549. The molecule has 0 saturated heterocycles. The van der Waals surface area contributed by atoms with Gasteiger partial charge in [0.2, 0.25) is 0 Å². The highest BCUT2D eigenvalue weighted by molar-refractivity contribution is 9.09. The van der Waals surface area contributed by atoms with Gasteiger partial charge in [0.1, 0.15) is 0 Å². The third kappa shape index (κ3) is 40.2. The van der Waals surface area contributed by atoms with E-state index in [9.17, 15) is 0 Å². The average Bonchev–Trinajstić information content (AvgIpc) is 2.98. The maximum atomic E-state index is 5.67. The second-order valence-corrected chi connectivity index (χ2v) is 11.0. The van der Waals surface area contributed by atoms with Gasteiger partial charge in [-0.05, 0) is 6.42 Å². The molecule has 0 radical (unpaired) electrons. The van der Waals surface area contributed by atoms with Crippen molar-refractivity contribution in [3.63, 3.8) is 0 Å². The summed E-state index contributed by atoms with van der Waals surface area (Å²) in [5.74, 6) is 0. The highest BCUT2D eigenvalue weighted by atomic mass is 79.9. The largest absolute Gasteiger partial charge is 0.379 e. The summed E-state index contributed by atoms with van der Waals surface area (Å²) in [6.45, 7) is 11.9. The zero-order valence-electron chi connectivity index (χ0n) is 26.6. The normalized spacial score (nSPS) is 11.6. The van der Waals surface area contributed by atoms with Gasteiger partial charge in [0.15, 0.2) is 0 Å². The molecule has 0 N–H and O–H groups in total. The zero-order valence-corrected chi connectivity index (χ0v) is 28.2. The van der Waals surface area contributed by atoms with Gasteiger partial charge in [0, 0.05) is 11.9 Å². The molecule has 8 nitrogen and oxygen atoms in total. The van der Waals surface area contributed by atoms with Crippen molar-refractivity contribution >= 4 is 15.9 Å². The minimum atomic E-state index is 0.549. The van der Waals surface area contributed by atoms with E-state index in [0.29, 0.717) is 99.1 Å². The highest BCUT2D eigenvalue weighted by Gasteiger charge is 1.97. The van der Waals surface area contributed by atoms with Crippen molar-refractivity contribution in [1.29, 1.82) is 0 Å². The Morgan fingerprint density at radius 2 is 0.488 bits per heavy atom. The predicted molar refractivity (Wildman–Crippen MR) is 171 cm³/mol. The van der Waals surface area contributed by atoms with Crippen molar-refractivity contribution < 1.29 is 37.9 Å². The molecule has 248 valence electrons. The summed E-state index contributed by atoms with van der Waals surface area (Å²) in [5, 5.41) is 0.848. The van der Waals surface area contributed by atoms with Gasteiger partial charge in [-0.1, -0.05) is 106 Å². The molecule has 0 aliphatic carbocycles. The number of halogens is 1. The van der Waals surface area contributed by atoms with Crippen LogP contribution in [0.4, 0.5) is 0 Å². The van der Waals surface area contributed by atoms with E-state index in [4.69, 9.17) is 37.9 Å². The van der Waals surface area contributed by atoms with E-state index in [2.05, 4.69) is 22.9 Å². The molecule has 0 amide bonds. The van der Waals surface area contributed by atoms with Crippen molar-refractivity contribution in [2.45, 2.75) is 96.8 Å². The Morgan fingerprint density at radius 1 is 0.268 bits per heavy atom. The van der Waals surface area contributed by atoms with Gasteiger partial charge in [-0.25, -0.2) is 0 Å². The molecule has 0 heterocycles. The van der Waals surface area contributed by atoms with Crippen molar-refractivity contribution in [2.24, 2.45) is 0 Å². The summed E-state index contributed by atoms with van der Waals surface area (Å²) >= 11 is 3.31. The summed E-state index contributed by atoms with van der Waals surface area (Å²) in [6, 6.07) is 0. The molecule has 0 aromatic heterocycles. The van der Waals surface area contributed by atoms with E-state index in [1.165, 1.54) is 83.5 Å². The number of hydrogen-bond donors (Lipinski definition) is 0. The van der Waals surface area contributed by atoms with E-state index in [0.717, 1.165) is 18.4 Å². The molecule has 0 atom stereocenters. The molecule has 0 aliphatic heterocycles. The Morgan fingerprint density at radius 3 is 0.756 bits per heavy atom. The van der Waals surface area contributed by atoms with Crippen LogP contribution >= 0.6 is 15.9 Å². The molecule has 0 fully saturated rings. The lowest BCUT2D eigenvalue weighted by molar-refractivity contribution is -0.0228. The van der Waals surface area contributed by atoms with Gasteiger partial charge < -0.3 is 37.9 Å². The van der Waals surface area contributed by atoms with Crippen LogP contribution in [0.3, 0.4) is 0 Å². The monoisotopic (exact) mass is 656 g/mol. The fourth-order valence-corrected chi connectivity index (χ4v) is 4.32. The molecular weight excluding hydrogens is 592 g/mol. The maximum absolute atomic E-state index is 5.67. The molecule has 0 saturated carbocycles. The number of unbranched alkanes of at least 4 members (excludes halogenated alkanes) is 13. The number of rotatable bonds is 38. The standard InChI is InChI=1S/C32H65BrO8/c1-2-3-4-5-6-7-8-9-10-11-12-13-14-15-17-34-19-21-36-23-25-38-27-29-40-31-32-41-30-28-39-26-24-37-22-20-35-18-16-33/h2-32H2,1H3. The number of alkyl halides is 1. The van der Waals surface area contributed by atoms with E-state index >= 15 is 0 Å². The molecule has 0 unspecified atom stereocenters. The number of ether oxygens (including phenoxy) is 8. The lowest BCUT2D eigenvalue weighted by Gasteiger charge is -2.08. The molecule has 0 aromatic carbocycles. The molecule has 0 bridgehead atoms. The first-order valence-corrected chi connectivity index (χ1v) is 17.7. The molecule has 0 rings (SSSR count). The Labute approximate surface area is 261 Å². The van der Waals surface area contributed by atoms with Gasteiger partial charge in [0.25, 0.3) is 0 Å². The smallest absolute Gasteiger partial charge is 0.0701 e. The fourth-order valence-electron chi connectivity index (χ4n) is 4.09. The molecule has 41 heavy (non-hydrogen) atoms. The van der Waals surface area contributed by atoms with Crippen LogP contribution in [0.15, 0.2) is 0 Å². The van der Waals surface area contributed by atoms with Gasteiger partial charge in [-0.2, -0.15) is 0 Å². The summed E-state index contributed by atoms with van der Waals surface area (Å²) in [4.78, 5) is 0. The topological polar surface area (TPSA) is 73.8 Å². The second-order valence-electron chi connectivity index (χ2n) is 10.2.